The van der Waals surface area contributed by atoms with Gasteiger partial charge in [0.1, 0.15) is 6.04 Å². The van der Waals surface area contributed by atoms with Gasteiger partial charge < -0.3 is 15.2 Å². The highest BCUT2D eigenvalue weighted by Crippen LogP contribution is 2.02. The van der Waals surface area contributed by atoms with Crippen molar-refractivity contribution in [2.75, 3.05) is 6.54 Å². The van der Waals surface area contributed by atoms with Crippen LogP contribution in [0.15, 0.2) is 29.2 Å². The fourth-order valence-corrected chi connectivity index (χ4v) is 2.15. The van der Waals surface area contributed by atoms with Gasteiger partial charge in [0.15, 0.2) is 0 Å². The number of carbonyl (C=O) groups excluding carboxylic acids is 3. The highest BCUT2D eigenvalue weighted by molar-refractivity contribution is 6.04. The lowest BCUT2D eigenvalue weighted by Crippen LogP contribution is -2.32. The summed E-state index contributed by atoms with van der Waals surface area (Å²) in [5.74, 6) is -0.587. The molecular formula is C14H18N4O4. The summed E-state index contributed by atoms with van der Waals surface area (Å²) >= 11 is 0. The Morgan fingerprint density at radius 1 is 1.27 bits per heavy atom. The van der Waals surface area contributed by atoms with E-state index in [9.17, 15) is 19.2 Å². The monoisotopic (exact) mass is 306 g/mol. The number of rotatable bonds is 7. The molecule has 2 rings (SSSR count). The molecule has 22 heavy (non-hydrogen) atoms. The van der Waals surface area contributed by atoms with E-state index in [-0.39, 0.29) is 24.3 Å². The first-order chi connectivity index (χ1) is 10.6. The Balaban J connectivity index is 1.62. The first kappa shape index (κ1) is 15.7. The third kappa shape index (κ3) is 4.44. The number of amides is 4. The van der Waals surface area contributed by atoms with Crippen LogP contribution < -0.4 is 21.5 Å². The second kappa shape index (κ2) is 7.39. The molecule has 0 bridgehead atoms. The van der Waals surface area contributed by atoms with E-state index in [0.29, 0.717) is 19.5 Å². The lowest BCUT2D eigenvalue weighted by Gasteiger charge is -2.08. The third-order valence-corrected chi connectivity index (χ3v) is 3.32. The molecule has 1 saturated heterocycles. The van der Waals surface area contributed by atoms with Gasteiger partial charge in [-0.15, -0.1) is 0 Å². The number of urea groups is 1. The van der Waals surface area contributed by atoms with E-state index in [1.807, 2.05) is 0 Å². The molecule has 1 aliphatic rings. The van der Waals surface area contributed by atoms with Crippen LogP contribution in [0.2, 0.25) is 0 Å². The van der Waals surface area contributed by atoms with E-state index >= 15 is 0 Å². The molecule has 3 N–H and O–H groups in total. The van der Waals surface area contributed by atoms with Gasteiger partial charge in [-0.1, -0.05) is 6.07 Å². The zero-order valence-corrected chi connectivity index (χ0v) is 12.0. The van der Waals surface area contributed by atoms with Gasteiger partial charge >= 0.3 is 6.03 Å². The first-order valence-corrected chi connectivity index (χ1v) is 7.10. The number of hydrogen-bond donors (Lipinski definition) is 3. The van der Waals surface area contributed by atoms with E-state index in [2.05, 4.69) is 16.0 Å². The molecule has 1 aliphatic heterocycles. The number of nitrogens with zero attached hydrogens (tertiary/aromatic N) is 1. The summed E-state index contributed by atoms with van der Waals surface area (Å²) < 4.78 is 1.57. The maximum atomic E-state index is 11.6. The molecule has 0 saturated carbocycles. The molecule has 2 heterocycles. The van der Waals surface area contributed by atoms with Crippen molar-refractivity contribution in [3.8, 4) is 0 Å². The minimum absolute atomic E-state index is 0.0724. The van der Waals surface area contributed by atoms with Crippen LogP contribution in [0.25, 0.3) is 0 Å². The smallest absolute Gasteiger partial charge is 0.322 e. The molecule has 1 atom stereocenters. The molecule has 4 amide bonds. The number of imide groups is 1. The van der Waals surface area contributed by atoms with E-state index in [4.69, 9.17) is 0 Å². The second-order valence-corrected chi connectivity index (χ2v) is 4.99. The summed E-state index contributed by atoms with van der Waals surface area (Å²) in [4.78, 5) is 45.3. The summed E-state index contributed by atoms with van der Waals surface area (Å²) in [7, 11) is 0. The Morgan fingerprint density at radius 3 is 2.77 bits per heavy atom. The van der Waals surface area contributed by atoms with Gasteiger partial charge in [-0.25, -0.2) is 4.79 Å². The molecule has 118 valence electrons. The molecule has 1 aromatic heterocycles. The van der Waals surface area contributed by atoms with Crippen molar-refractivity contribution in [3.63, 3.8) is 0 Å². The predicted octanol–water partition coefficient (Wildman–Crippen LogP) is -0.657. The number of hydrogen-bond acceptors (Lipinski definition) is 4. The van der Waals surface area contributed by atoms with Crippen LogP contribution in [0.4, 0.5) is 4.79 Å². The predicted molar refractivity (Wildman–Crippen MR) is 78.0 cm³/mol. The van der Waals surface area contributed by atoms with Gasteiger partial charge in [-0.3, -0.25) is 19.7 Å². The van der Waals surface area contributed by atoms with Crippen LogP contribution in [-0.4, -0.2) is 35.0 Å². The lowest BCUT2D eigenvalue weighted by atomic mass is 10.1. The third-order valence-electron chi connectivity index (χ3n) is 3.32. The molecular weight excluding hydrogens is 288 g/mol. The highest BCUT2D eigenvalue weighted by atomic mass is 16.2. The Hall–Kier alpha value is -2.64. The van der Waals surface area contributed by atoms with E-state index in [1.54, 1.807) is 22.9 Å². The van der Waals surface area contributed by atoms with Crippen LogP contribution in [0.3, 0.4) is 0 Å². The Bertz CT molecular complexity index is 625. The molecule has 1 fully saturated rings. The van der Waals surface area contributed by atoms with Gasteiger partial charge in [-0.05, 0) is 18.9 Å². The first-order valence-electron chi connectivity index (χ1n) is 7.10. The quantitative estimate of drug-likeness (QED) is 0.459. The number of aromatic nitrogens is 1. The minimum atomic E-state index is -0.638. The second-order valence-electron chi connectivity index (χ2n) is 4.99. The molecule has 1 aromatic rings. The van der Waals surface area contributed by atoms with Gasteiger partial charge in [0, 0.05) is 31.8 Å². The Morgan fingerprint density at radius 2 is 2.09 bits per heavy atom. The van der Waals surface area contributed by atoms with Crippen LogP contribution in [-0.2, 0) is 16.1 Å². The Labute approximate surface area is 126 Å². The standard InChI is InChI=1S/C14H18N4O4/c19-11(6-5-10-13(21)17-14(22)16-10)15-7-3-9-18-8-2-1-4-12(18)20/h1-2,4,8,10H,3,5-7,9H2,(H,15,19)(H2,16,17,21,22). The topological polar surface area (TPSA) is 109 Å². The zero-order valence-electron chi connectivity index (χ0n) is 12.0. The van der Waals surface area contributed by atoms with Gasteiger partial charge in [0.2, 0.25) is 11.5 Å². The molecule has 0 spiro atoms. The van der Waals surface area contributed by atoms with E-state index in [1.165, 1.54) is 6.07 Å². The summed E-state index contributed by atoms with van der Waals surface area (Å²) in [5.41, 5.74) is -0.0724. The van der Waals surface area contributed by atoms with Gasteiger partial charge in [0.05, 0.1) is 0 Å². The zero-order chi connectivity index (χ0) is 15.9. The van der Waals surface area contributed by atoms with Gasteiger partial charge in [0.25, 0.3) is 5.91 Å². The fraction of sp³-hybridized carbons (Fsp3) is 0.429. The number of aryl methyl sites for hydroxylation is 1. The molecule has 0 aromatic carbocycles. The highest BCUT2D eigenvalue weighted by Gasteiger charge is 2.29. The SMILES string of the molecule is O=C(CCC1NC(=O)NC1=O)NCCCn1ccccc1=O. The summed E-state index contributed by atoms with van der Waals surface area (Å²) in [5, 5.41) is 7.27. The van der Waals surface area contributed by atoms with E-state index < -0.39 is 18.0 Å². The van der Waals surface area contributed by atoms with Gasteiger partial charge in [-0.2, -0.15) is 0 Å². The minimum Gasteiger partial charge on any atom is -0.356 e. The maximum absolute atomic E-state index is 11.6. The van der Waals surface area contributed by atoms with Crippen molar-refractivity contribution in [1.29, 1.82) is 0 Å². The average Bonchev–Trinajstić information content (AvgIpc) is 2.81. The summed E-state index contributed by atoms with van der Waals surface area (Å²) in [6.07, 6.45) is 2.76. The molecule has 0 radical (unpaired) electrons. The maximum Gasteiger partial charge on any atom is 0.322 e. The van der Waals surface area contributed by atoms with Crippen LogP contribution in [0.1, 0.15) is 19.3 Å². The van der Waals surface area contributed by atoms with E-state index in [0.717, 1.165) is 0 Å². The van der Waals surface area contributed by atoms with Crippen molar-refractivity contribution < 1.29 is 14.4 Å². The number of carbonyl (C=O) groups is 3. The largest absolute Gasteiger partial charge is 0.356 e. The van der Waals surface area contributed by atoms with Crippen LogP contribution >= 0.6 is 0 Å². The van der Waals surface area contributed by atoms with Crippen molar-refractivity contribution in [3.05, 3.63) is 34.7 Å². The van der Waals surface area contributed by atoms with Crippen molar-refractivity contribution in [2.45, 2.75) is 31.8 Å². The number of pyridine rings is 1. The molecule has 0 aliphatic carbocycles. The van der Waals surface area contributed by atoms with Crippen molar-refractivity contribution in [2.24, 2.45) is 0 Å². The van der Waals surface area contributed by atoms with Crippen LogP contribution in [0, 0.1) is 0 Å². The fourth-order valence-electron chi connectivity index (χ4n) is 2.15. The normalized spacial score (nSPS) is 17.0. The van der Waals surface area contributed by atoms with Crippen molar-refractivity contribution >= 4 is 17.8 Å². The van der Waals surface area contributed by atoms with Crippen LogP contribution in [0.5, 0.6) is 0 Å². The summed E-state index contributed by atoms with van der Waals surface area (Å²) in [6, 6.07) is 3.78. The summed E-state index contributed by atoms with van der Waals surface area (Å²) in [6.45, 7) is 0.977. The Kier molecular flexibility index (Phi) is 5.29. The lowest BCUT2D eigenvalue weighted by molar-refractivity contribution is -0.122. The molecule has 8 heteroatoms. The molecule has 8 nitrogen and oxygen atoms in total. The molecule has 1 unspecified atom stereocenters. The average molecular weight is 306 g/mol. The number of nitrogens with one attached hydrogen (secondary N) is 3. The van der Waals surface area contributed by atoms with Crippen molar-refractivity contribution in [1.82, 2.24) is 20.5 Å².